The summed E-state index contributed by atoms with van der Waals surface area (Å²) >= 11 is 12.3. The van der Waals surface area contributed by atoms with Crippen molar-refractivity contribution in [3.05, 3.63) is 86.0 Å². The van der Waals surface area contributed by atoms with Crippen LogP contribution in [-0.4, -0.2) is 28.8 Å². The average Bonchev–Trinajstić information content (AvgIpc) is 2.70. The zero-order valence-electron chi connectivity index (χ0n) is 15.4. The maximum Gasteiger partial charge on any atom is 0.292 e. The van der Waals surface area contributed by atoms with Crippen molar-refractivity contribution in [1.82, 2.24) is 15.1 Å². The Morgan fingerprint density at radius 3 is 2.66 bits per heavy atom. The molecule has 0 fully saturated rings. The molecule has 0 saturated heterocycles. The van der Waals surface area contributed by atoms with Gasteiger partial charge >= 0.3 is 0 Å². The van der Waals surface area contributed by atoms with E-state index in [2.05, 4.69) is 15.7 Å². The van der Waals surface area contributed by atoms with E-state index in [1.807, 2.05) is 6.92 Å². The summed E-state index contributed by atoms with van der Waals surface area (Å²) in [6, 6.07) is 10.8. The molecule has 0 aliphatic rings. The van der Waals surface area contributed by atoms with Crippen molar-refractivity contribution in [2.45, 2.75) is 6.92 Å². The van der Waals surface area contributed by atoms with Gasteiger partial charge in [0.1, 0.15) is 10.8 Å². The van der Waals surface area contributed by atoms with Gasteiger partial charge in [-0.15, -0.1) is 0 Å². The highest BCUT2D eigenvalue weighted by Crippen LogP contribution is 2.20. The van der Waals surface area contributed by atoms with Gasteiger partial charge in [-0.05, 0) is 36.8 Å². The summed E-state index contributed by atoms with van der Waals surface area (Å²) in [5.41, 5.74) is 1.16. The molecule has 29 heavy (non-hydrogen) atoms. The van der Waals surface area contributed by atoms with Crippen molar-refractivity contribution in [1.29, 1.82) is 0 Å². The van der Waals surface area contributed by atoms with E-state index in [-0.39, 0.29) is 23.7 Å². The van der Waals surface area contributed by atoms with Gasteiger partial charge in [0, 0.05) is 18.1 Å². The fraction of sp³-hybridized carbons (Fsp3) is 0.150. The predicted octanol–water partition coefficient (Wildman–Crippen LogP) is 3.83. The molecule has 0 aliphatic carbocycles. The van der Waals surface area contributed by atoms with Crippen LogP contribution in [0.1, 0.15) is 15.9 Å². The van der Waals surface area contributed by atoms with Crippen molar-refractivity contribution in [2.75, 3.05) is 18.4 Å². The van der Waals surface area contributed by atoms with E-state index in [0.29, 0.717) is 16.4 Å². The fourth-order valence-electron chi connectivity index (χ4n) is 2.57. The van der Waals surface area contributed by atoms with Crippen LogP contribution in [0.4, 0.5) is 10.1 Å². The summed E-state index contributed by atoms with van der Waals surface area (Å²) < 4.78 is 14.7. The first-order valence-electron chi connectivity index (χ1n) is 8.69. The van der Waals surface area contributed by atoms with Crippen molar-refractivity contribution in [3.8, 4) is 5.69 Å². The smallest absolute Gasteiger partial charge is 0.292 e. The zero-order chi connectivity index (χ0) is 21.0. The fourth-order valence-corrected chi connectivity index (χ4v) is 2.94. The number of halogens is 3. The van der Waals surface area contributed by atoms with Gasteiger partial charge in [-0.25, -0.2) is 4.39 Å². The minimum atomic E-state index is -0.593. The second kappa shape index (κ2) is 9.07. The number of hydrogen-bond donors (Lipinski definition) is 2. The molecule has 0 atom stereocenters. The lowest BCUT2D eigenvalue weighted by Crippen LogP contribution is -2.30. The zero-order valence-corrected chi connectivity index (χ0v) is 16.9. The maximum atomic E-state index is 13.6. The van der Waals surface area contributed by atoms with Gasteiger partial charge < -0.3 is 10.6 Å². The van der Waals surface area contributed by atoms with Gasteiger partial charge in [-0.1, -0.05) is 41.4 Å². The van der Waals surface area contributed by atoms with Crippen LogP contribution in [0, 0.1) is 12.7 Å². The first-order chi connectivity index (χ1) is 13.9. The lowest BCUT2D eigenvalue weighted by molar-refractivity contribution is 0.0951. The van der Waals surface area contributed by atoms with Crippen molar-refractivity contribution in [3.63, 3.8) is 0 Å². The highest BCUT2D eigenvalue weighted by Gasteiger charge is 2.12. The molecule has 1 aromatic heterocycles. The Balaban J connectivity index is 1.64. The summed E-state index contributed by atoms with van der Waals surface area (Å²) in [6.07, 6.45) is 1.41. The lowest BCUT2D eigenvalue weighted by atomic mass is 10.2. The van der Waals surface area contributed by atoms with Crippen LogP contribution in [0.25, 0.3) is 5.69 Å². The summed E-state index contributed by atoms with van der Waals surface area (Å²) in [4.78, 5) is 24.5. The first-order valence-corrected chi connectivity index (χ1v) is 9.45. The number of carbonyl (C=O) groups is 1. The summed E-state index contributed by atoms with van der Waals surface area (Å²) in [5.74, 6) is -1.12. The van der Waals surface area contributed by atoms with Gasteiger partial charge in [-0.3, -0.25) is 9.59 Å². The third kappa shape index (κ3) is 4.75. The first kappa shape index (κ1) is 20.8. The minimum absolute atomic E-state index is 0.0356. The molecule has 1 heterocycles. The largest absolute Gasteiger partial charge is 0.381 e. The lowest BCUT2D eigenvalue weighted by Gasteiger charge is -2.11. The third-order valence-corrected chi connectivity index (χ3v) is 4.94. The SMILES string of the molecule is Cc1ccc(-n2ncc(NCCNC(=O)c3ccccc3F)c(Cl)c2=O)cc1Cl. The standard InChI is InChI=1S/C20H17Cl2FN4O2/c1-12-6-7-13(10-15(12)21)27-20(29)18(22)17(11-26-27)24-8-9-25-19(28)14-4-2-3-5-16(14)23/h2-7,10-11,24H,8-9H2,1H3,(H,25,28). The van der Waals surface area contributed by atoms with E-state index >= 15 is 0 Å². The van der Waals surface area contributed by atoms with Gasteiger partial charge in [0.25, 0.3) is 11.5 Å². The molecule has 0 radical (unpaired) electrons. The van der Waals surface area contributed by atoms with E-state index in [1.54, 1.807) is 24.3 Å². The highest BCUT2D eigenvalue weighted by molar-refractivity contribution is 6.33. The van der Waals surface area contributed by atoms with Crippen LogP contribution >= 0.6 is 23.2 Å². The maximum absolute atomic E-state index is 13.6. The molecule has 3 aromatic rings. The highest BCUT2D eigenvalue weighted by atomic mass is 35.5. The molecule has 6 nitrogen and oxygen atoms in total. The molecule has 0 aliphatic heterocycles. The quantitative estimate of drug-likeness (QED) is 0.578. The van der Waals surface area contributed by atoms with Crippen LogP contribution < -0.4 is 16.2 Å². The third-order valence-electron chi connectivity index (χ3n) is 4.16. The molecule has 150 valence electrons. The molecule has 1 amide bonds. The van der Waals surface area contributed by atoms with Crippen LogP contribution in [-0.2, 0) is 0 Å². The number of nitrogens with one attached hydrogen (secondary N) is 2. The summed E-state index contributed by atoms with van der Waals surface area (Å²) in [7, 11) is 0. The number of carbonyl (C=O) groups excluding carboxylic acids is 1. The molecule has 2 N–H and O–H groups in total. The van der Waals surface area contributed by atoms with Gasteiger partial charge in [0.05, 0.1) is 23.1 Å². The van der Waals surface area contributed by atoms with Crippen LogP contribution in [0.3, 0.4) is 0 Å². The molecular weight excluding hydrogens is 418 g/mol. The van der Waals surface area contributed by atoms with Crippen molar-refractivity contribution >= 4 is 34.8 Å². The second-order valence-corrected chi connectivity index (χ2v) is 6.97. The number of rotatable bonds is 6. The van der Waals surface area contributed by atoms with Crippen LogP contribution in [0.5, 0.6) is 0 Å². The Morgan fingerprint density at radius 2 is 1.93 bits per heavy atom. The number of nitrogens with zero attached hydrogens (tertiary/aromatic N) is 2. The van der Waals surface area contributed by atoms with Crippen LogP contribution in [0.15, 0.2) is 53.5 Å². The monoisotopic (exact) mass is 434 g/mol. The number of aryl methyl sites for hydroxylation is 1. The number of benzene rings is 2. The van der Waals surface area contributed by atoms with Gasteiger partial charge in [0.15, 0.2) is 0 Å². The predicted molar refractivity (Wildman–Crippen MR) is 112 cm³/mol. The topological polar surface area (TPSA) is 76.0 Å². The molecule has 0 saturated carbocycles. The summed E-state index contributed by atoms with van der Waals surface area (Å²) in [6.45, 7) is 2.31. The molecule has 0 unspecified atom stereocenters. The van der Waals surface area contributed by atoms with Crippen molar-refractivity contribution in [2.24, 2.45) is 0 Å². The Hall–Kier alpha value is -2.90. The molecule has 2 aromatic carbocycles. The average molecular weight is 435 g/mol. The molecule has 0 spiro atoms. The Morgan fingerprint density at radius 1 is 1.17 bits per heavy atom. The van der Waals surface area contributed by atoms with Gasteiger partial charge in [-0.2, -0.15) is 9.78 Å². The molecule has 9 heteroatoms. The van der Waals surface area contributed by atoms with E-state index in [4.69, 9.17) is 23.2 Å². The Bertz CT molecular complexity index is 1120. The number of anilines is 1. The van der Waals surface area contributed by atoms with Crippen molar-refractivity contribution < 1.29 is 9.18 Å². The molecular formula is C20H17Cl2FN4O2. The summed E-state index contributed by atoms with van der Waals surface area (Å²) in [5, 5.41) is 10.1. The Labute approximate surface area is 176 Å². The molecule has 3 rings (SSSR count). The Kier molecular flexibility index (Phi) is 6.51. The van der Waals surface area contributed by atoms with E-state index in [9.17, 15) is 14.0 Å². The normalized spacial score (nSPS) is 10.6. The van der Waals surface area contributed by atoms with Crippen LogP contribution in [0.2, 0.25) is 10.0 Å². The van der Waals surface area contributed by atoms with E-state index in [1.165, 1.54) is 24.4 Å². The number of amides is 1. The van der Waals surface area contributed by atoms with Gasteiger partial charge in [0.2, 0.25) is 0 Å². The van der Waals surface area contributed by atoms with E-state index < -0.39 is 17.3 Å². The van der Waals surface area contributed by atoms with E-state index in [0.717, 1.165) is 10.2 Å². The number of aromatic nitrogens is 2. The number of hydrogen-bond acceptors (Lipinski definition) is 4. The second-order valence-electron chi connectivity index (χ2n) is 6.19. The molecule has 0 bridgehead atoms. The minimum Gasteiger partial charge on any atom is -0.381 e.